The van der Waals surface area contributed by atoms with Crippen LogP contribution in [-0.2, 0) is 17.6 Å². The van der Waals surface area contributed by atoms with Gasteiger partial charge < -0.3 is 65.2 Å². The highest BCUT2D eigenvalue weighted by atomic mass is 16.7. The lowest BCUT2D eigenvalue weighted by Crippen LogP contribution is -2.60. The average molecular weight is 608 g/mol. The Kier molecular flexibility index (Phi) is 11.1. The molecule has 4 rings (SSSR count). The largest absolute Gasteiger partial charge is 0.464 e. The van der Waals surface area contributed by atoms with Crippen LogP contribution in [0.25, 0.3) is 11.0 Å². The molecule has 14 heteroatoms. The van der Waals surface area contributed by atoms with E-state index in [1.165, 1.54) is 0 Å². The van der Waals surface area contributed by atoms with E-state index in [2.05, 4.69) is 5.32 Å². The van der Waals surface area contributed by atoms with E-state index in [0.29, 0.717) is 29.6 Å². The van der Waals surface area contributed by atoms with E-state index in [9.17, 15) is 45.6 Å². The lowest BCUT2D eigenvalue weighted by Gasteiger charge is -2.39. The number of benzene rings is 2. The van der Waals surface area contributed by atoms with E-state index in [1.807, 2.05) is 0 Å². The SMILES string of the molecule is O=C(NC[C@H](O)[C@@H](O)[C@H](O)[C@H](O)CO)c1ccc(CCc2coc3cccc(O[C@@H]4O[C@H](CO)[C@@H](O)[C@H](O)[C@H]4O)c23)cc1. The minimum Gasteiger partial charge on any atom is -0.464 e. The quantitative estimate of drug-likeness (QED) is 0.0972. The van der Waals surface area contributed by atoms with Crippen LogP contribution in [0.1, 0.15) is 21.5 Å². The number of rotatable bonds is 13. The fraction of sp³-hybridized carbons (Fsp3) is 0.483. The van der Waals surface area contributed by atoms with Crippen molar-refractivity contribution in [3.8, 4) is 5.75 Å². The van der Waals surface area contributed by atoms with E-state index >= 15 is 0 Å². The highest BCUT2D eigenvalue weighted by molar-refractivity contribution is 5.94. The van der Waals surface area contributed by atoms with Crippen LogP contribution in [0.3, 0.4) is 0 Å². The van der Waals surface area contributed by atoms with Crippen LogP contribution in [0.5, 0.6) is 5.75 Å². The molecule has 1 saturated heterocycles. The van der Waals surface area contributed by atoms with Crippen molar-refractivity contribution in [1.29, 1.82) is 0 Å². The third-order valence-electron chi connectivity index (χ3n) is 7.43. The van der Waals surface area contributed by atoms with Crippen molar-refractivity contribution in [2.45, 2.75) is 68.0 Å². The first-order valence-corrected chi connectivity index (χ1v) is 13.7. The van der Waals surface area contributed by atoms with Crippen LogP contribution in [-0.4, -0.2) is 127 Å². The fourth-order valence-corrected chi connectivity index (χ4v) is 4.78. The predicted octanol–water partition coefficient (Wildman–Crippen LogP) is -2.44. The number of hydrogen-bond acceptors (Lipinski definition) is 13. The first-order valence-electron chi connectivity index (χ1n) is 13.7. The molecule has 0 radical (unpaired) electrons. The maximum absolute atomic E-state index is 12.5. The second-order valence-corrected chi connectivity index (χ2v) is 10.4. The number of ether oxygens (including phenoxy) is 2. The summed E-state index contributed by atoms with van der Waals surface area (Å²) in [6.07, 6.45) is -11.3. The van der Waals surface area contributed by atoms with Gasteiger partial charge in [0.15, 0.2) is 0 Å². The molecule has 1 aromatic heterocycles. The zero-order chi connectivity index (χ0) is 31.3. The minimum atomic E-state index is -1.79. The summed E-state index contributed by atoms with van der Waals surface area (Å²) in [4.78, 5) is 12.5. The molecule has 0 aliphatic carbocycles. The van der Waals surface area contributed by atoms with Gasteiger partial charge in [0.25, 0.3) is 5.91 Å². The number of aryl methyl sites for hydroxylation is 2. The second-order valence-electron chi connectivity index (χ2n) is 10.4. The molecule has 1 aliphatic heterocycles. The topological polar surface area (TPSA) is 243 Å². The number of amides is 1. The average Bonchev–Trinajstić information content (AvgIpc) is 3.45. The van der Waals surface area contributed by atoms with Crippen molar-refractivity contribution in [3.05, 3.63) is 65.4 Å². The third kappa shape index (κ3) is 7.50. The summed E-state index contributed by atoms with van der Waals surface area (Å²) in [5, 5.41) is 90.9. The zero-order valence-corrected chi connectivity index (χ0v) is 23.0. The van der Waals surface area contributed by atoms with Crippen molar-refractivity contribution >= 4 is 16.9 Å². The molecular weight excluding hydrogens is 570 g/mol. The normalized spacial score (nSPS) is 25.2. The molecule has 3 aromatic rings. The van der Waals surface area contributed by atoms with Crippen LogP contribution >= 0.6 is 0 Å². The van der Waals surface area contributed by atoms with E-state index in [1.54, 1.807) is 48.7 Å². The molecule has 0 bridgehead atoms. The third-order valence-corrected chi connectivity index (χ3v) is 7.43. The first kappa shape index (κ1) is 32.8. The maximum atomic E-state index is 12.5. The molecule has 1 aliphatic rings. The Bertz CT molecular complexity index is 1330. The summed E-state index contributed by atoms with van der Waals surface area (Å²) in [5.41, 5.74) is 2.45. The van der Waals surface area contributed by atoms with Crippen molar-refractivity contribution in [1.82, 2.24) is 5.32 Å². The van der Waals surface area contributed by atoms with E-state index in [0.717, 1.165) is 11.1 Å². The molecule has 2 aromatic carbocycles. The van der Waals surface area contributed by atoms with Gasteiger partial charge in [-0.05, 0) is 42.7 Å². The minimum absolute atomic E-state index is 0.283. The first-order chi connectivity index (χ1) is 20.5. The fourth-order valence-electron chi connectivity index (χ4n) is 4.78. The zero-order valence-electron chi connectivity index (χ0n) is 23.0. The van der Waals surface area contributed by atoms with Gasteiger partial charge >= 0.3 is 0 Å². The van der Waals surface area contributed by atoms with E-state index in [4.69, 9.17) is 19.0 Å². The lowest BCUT2D eigenvalue weighted by atomic mass is 9.99. The van der Waals surface area contributed by atoms with Crippen molar-refractivity contribution in [3.63, 3.8) is 0 Å². The smallest absolute Gasteiger partial charge is 0.251 e. The van der Waals surface area contributed by atoms with Gasteiger partial charge in [0.2, 0.25) is 6.29 Å². The summed E-state index contributed by atoms with van der Waals surface area (Å²) in [5.74, 6) is -0.228. The Balaban J connectivity index is 1.37. The molecular formula is C29H37NO13. The van der Waals surface area contributed by atoms with Crippen LogP contribution in [0.15, 0.2) is 53.1 Å². The number of furan rings is 1. The Morgan fingerprint density at radius 2 is 1.58 bits per heavy atom. The van der Waals surface area contributed by atoms with Gasteiger partial charge in [-0.1, -0.05) is 18.2 Å². The number of aliphatic hydroxyl groups is 9. The van der Waals surface area contributed by atoms with Gasteiger partial charge in [-0.2, -0.15) is 0 Å². The van der Waals surface area contributed by atoms with E-state index in [-0.39, 0.29) is 5.56 Å². The molecule has 43 heavy (non-hydrogen) atoms. The van der Waals surface area contributed by atoms with Gasteiger partial charge in [0.05, 0.1) is 31.0 Å². The highest BCUT2D eigenvalue weighted by Crippen LogP contribution is 2.34. The summed E-state index contributed by atoms with van der Waals surface area (Å²) >= 11 is 0. The van der Waals surface area contributed by atoms with Crippen LogP contribution in [0.2, 0.25) is 0 Å². The monoisotopic (exact) mass is 607 g/mol. The van der Waals surface area contributed by atoms with Crippen molar-refractivity contribution in [2.75, 3.05) is 19.8 Å². The summed E-state index contributed by atoms with van der Waals surface area (Å²) in [6, 6.07) is 11.7. The van der Waals surface area contributed by atoms with Crippen molar-refractivity contribution in [2.24, 2.45) is 0 Å². The summed E-state index contributed by atoms with van der Waals surface area (Å²) in [6.45, 7) is -1.80. The summed E-state index contributed by atoms with van der Waals surface area (Å²) < 4.78 is 17.0. The number of carbonyl (C=O) groups excluding carboxylic acids is 1. The Morgan fingerprint density at radius 3 is 2.26 bits per heavy atom. The molecule has 1 amide bonds. The number of nitrogens with one attached hydrogen (secondary N) is 1. The number of carbonyl (C=O) groups is 1. The molecule has 10 N–H and O–H groups in total. The molecule has 0 spiro atoms. The van der Waals surface area contributed by atoms with Crippen LogP contribution in [0.4, 0.5) is 0 Å². The molecule has 2 heterocycles. The Hall–Kier alpha value is -3.15. The molecule has 1 fully saturated rings. The number of hydrogen-bond donors (Lipinski definition) is 10. The molecule has 9 atom stereocenters. The second kappa shape index (κ2) is 14.5. The van der Waals surface area contributed by atoms with Gasteiger partial charge in [0.1, 0.15) is 54.1 Å². The van der Waals surface area contributed by atoms with Gasteiger partial charge in [0, 0.05) is 17.7 Å². The van der Waals surface area contributed by atoms with Crippen LogP contribution < -0.4 is 10.1 Å². The Labute approximate surface area is 246 Å². The van der Waals surface area contributed by atoms with Crippen LogP contribution in [0, 0.1) is 0 Å². The summed E-state index contributed by atoms with van der Waals surface area (Å²) in [7, 11) is 0. The number of aliphatic hydroxyl groups excluding tert-OH is 9. The van der Waals surface area contributed by atoms with Gasteiger partial charge in [-0.25, -0.2) is 0 Å². The van der Waals surface area contributed by atoms with E-state index < -0.39 is 80.8 Å². The highest BCUT2D eigenvalue weighted by Gasteiger charge is 2.45. The molecule has 0 unspecified atom stereocenters. The molecule has 236 valence electrons. The van der Waals surface area contributed by atoms with Crippen molar-refractivity contribution < 1.29 is 64.6 Å². The predicted molar refractivity (Wildman–Crippen MR) is 148 cm³/mol. The van der Waals surface area contributed by atoms with Gasteiger partial charge in [-0.3, -0.25) is 4.79 Å². The Morgan fingerprint density at radius 1 is 0.884 bits per heavy atom. The van der Waals surface area contributed by atoms with Gasteiger partial charge in [-0.15, -0.1) is 0 Å². The lowest BCUT2D eigenvalue weighted by molar-refractivity contribution is -0.277. The molecule has 14 nitrogen and oxygen atoms in total. The molecule has 0 saturated carbocycles. The number of fused-ring (bicyclic) bond motifs is 1. The maximum Gasteiger partial charge on any atom is 0.251 e. The standard InChI is InChI=1S/C29H37NO13/c31-11-18(34)24(36)23(35)17(33)10-30-28(40)15-7-4-14(5-8-15)6-9-16-13-41-19-2-1-3-20(22(16)19)42-29-27(39)26(38)25(37)21(12-32)43-29/h1-5,7-8,13,17-18,21,23-27,29,31-39H,6,9-12H2,(H,30,40)/t17-,18+,21+,23+,24+,25+,26-,27+,29+/m0/s1.